The standard InChI is InChI=1S/C87H170O17P2/c1-77(2)63-55-47-39-33-27-21-15-11-9-10-12-18-25-31-37-43-53-61-69-86(91)103-82(73-97-84(89)67-59-51-42-36-30-24-19-13-16-22-28-34-40-48-56-64-78(3)4)75-101-105(93,94)99-71-81(88)72-100-106(95,96)102-76-83(74-98-85(90)68-60-52-46-45-50-58-66-80(7)8)104-87(92)70-62-54-44-38-32-26-20-14-17-23-29-35-41-49-57-65-79(5)6/h77-83,88H,9-76H2,1-8H3,(H,93,94)(H,95,96)/t81?,82-,83-/m1/s1. The van der Waals surface area contributed by atoms with Gasteiger partial charge < -0.3 is 33.8 Å². The number of carbonyl (C=O) groups excluding carboxylic acids is 4. The second-order valence-electron chi connectivity index (χ2n) is 33.2. The van der Waals surface area contributed by atoms with Gasteiger partial charge in [0.2, 0.25) is 0 Å². The molecule has 0 aliphatic carbocycles. The van der Waals surface area contributed by atoms with Crippen LogP contribution in [0.25, 0.3) is 0 Å². The predicted octanol–water partition coefficient (Wildman–Crippen LogP) is 26.3. The van der Waals surface area contributed by atoms with Gasteiger partial charge >= 0.3 is 39.5 Å². The molecule has 3 unspecified atom stereocenters. The van der Waals surface area contributed by atoms with E-state index in [1.165, 1.54) is 250 Å². The molecule has 0 saturated carbocycles. The molecule has 0 aliphatic rings. The van der Waals surface area contributed by atoms with Gasteiger partial charge in [0.25, 0.3) is 0 Å². The van der Waals surface area contributed by atoms with Gasteiger partial charge in [-0.15, -0.1) is 0 Å². The first-order chi connectivity index (χ1) is 51.1. The first-order valence-electron chi connectivity index (χ1n) is 44.7. The summed E-state index contributed by atoms with van der Waals surface area (Å²) in [6.07, 6.45) is 65.5. The third-order valence-electron chi connectivity index (χ3n) is 20.3. The van der Waals surface area contributed by atoms with Crippen molar-refractivity contribution in [1.82, 2.24) is 0 Å². The minimum Gasteiger partial charge on any atom is -0.462 e. The summed E-state index contributed by atoms with van der Waals surface area (Å²) in [5.41, 5.74) is 0. The van der Waals surface area contributed by atoms with Gasteiger partial charge in [-0.3, -0.25) is 37.3 Å². The number of esters is 4. The Morgan fingerprint density at radius 2 is 0.396 bits per heavy atom. The normalized spacial score (nSPS) is 13.9. The summed E-state index contributed by atoms with van der Waals surface area (Å²) in [5, 5.41) is 10.7. The summed E-state index contributed by atoms with van der Waals surface area (Å²) in [5.74, 6) is 1.00. The van der Waals surface area contributed by atoms with Crippen molar-refractivity contribution in [3.63, 3.8) is 0 Å². The second kappa shape index (κ2) is 75.7. The molecular weight excluding hydrogens is 1380 g/mol. The maximum Gasteiger partial charge on any atom is 0.472 e. The van der Waals surface area contributed by atoms with Crippen LogP contribution < -0.4 is 0 Å². The summed E-state index contributed by atoms with van der Waals surface area (Å²) < 4.78 is 68.9. The van der Waals surface area contributed by atoms with Crippen LogP contribution in [0.4, 0.5) is 0 Å². The summed E-state index contributed by atoms with van der Waals surface area (Å²) in [6, 6.07) is 0. The van der Waals surface area contributed by atoms with E-state index in [9.17, 15) is 43.2 Å². The summed E-state index contributed by atoms with van der Waals surface area (Å²) in [4.78, 5) is 73.2. The van der Waals surface area contributed by atoms with E-state index in [1.54, 1.807) is 0 Å². The molecule has 0 amide bonds. The van der Waals surface area contributed by atoms with Crippen LogP contribution in [-0.2, 0) is 65.4 Å². The molecule has 19 heteroatoms. The highest BCUT2D eigenvalue weighted by molar-refractivity contribution is 7.47. The maximum absolute atomic E-state index is 13.1. The zero-order chi connectivity index (χ0) is 78.1. The fraction of sp³-hybridized carbons (Fsp3) is 0.954. The lowest BCUT2D eigenvalue weighted by Gasteiger charge is -2.21. The summed E-state index contributed by atoms with van der Waals surface area (Å²) in [6.45, 7) is 14.3. The van der Waals surface area contributed by atoms with E-state index < -0.39 is 97.5 Å². The van der Waals surface area contributed by atoms with Gasteiger partial charge in [0, 0.05) is 25.7 Å². The van der Waals surface area contributed by atoms with E-state index in [2.05, 4.69) is 55.4 Å². The zero-order valence-electron chi connectivity index (χ0n) is 70.1. The van der Waals surface area contributed by atoms with Crippen LogP contribution in [-0.4, -0.2) is 96.7 Å². The van der Waals surface area contributed by atoms with Crippen LogP contribution in [0.5, 0.6) is 0 Å². The van der Waals surface area contributed by atoms with Crippen molar-refractivity contribution in [2.45, 2.75) is 472 Å². The molecule has 630 valence electrons. The fourth-order valence-electron chi connectivity index (χ4n) is 13.5. The second-order valence-corrected chi connectivity index (χ2v) is 36.1. The van der Waals surface area contributed by atoms with E-state index >= 15 is 0 Å². The first-order valence-corrected chi connectivity index (χ1v) is 47.7. The number of rotatable bonds is 84. The summed E-state index contributed by atoms with van der Waals surface area (Å²) >= 11 is 0. The largest absolute Gasteiger partial charge is 0.472 e. The average molecular weight is 1550 g/mol. The minimum absolute atomic E-state index is 0.107. The lowest BCUT2D eigenvalue weighted by atomic mass is 10.0. The third-order valence-corrected chi connectivity index (χ3v) is 22.2. The number of unbranched alkanes of at least 4 members (excludes halogenated alkanes) is 50. The molecule has 0 aromatic carbocycles. The van der Waals surface area contributed by atoms with Crippen molar-refractivity contribution in [1.29, 1.82) is 0 Å². The zero-order valence-corrected chi connectivity index (χ0v) is 71.9. The van der Waals surface area contributed by atoms with Crippen molar-refractivity contribution >= 4 is 39.5 Å². The fourth-order valence-corrected chi connectivity index (χ4v) is 15.1. The summed E-state index contributed by atoms with van der Waals surface area (Å²) in [7, 11) is -9.93. The van der Waals surface area contributed by atoms with Crippen LogP contribution in [0.2, 0.25) is 0 Å². The van der Waals surface area contributed by atoms with Crippen LogP contribution in [0.3, 0.4) is 0 Å². The molecule has 0 fully saturated rings. The highest BCUT2D eigenvalue weighted by atomic mass is 31.2. The first kappa shape index (κ1) is 104. The SMILES string of the molecule is CC(C)CCCCCCCCCCCCCCCCCCCCC(=O)O[C@H](COC(=O)CCCCCCCCCCCCCCCCCC(C)C)COP(=O)(O)OCC(O)COP(=O)(O)OC[C@@H](COC(=O)CCCCCCCCC(C)C)OC(=O)CCCCCCCCCCCCCCCCCC(C)C. The van der Waals surface area contributed by atoms with E-state index in [-0.39, 0.29) is 25.7 Å². The number of aliphatic hydroxyl groups is 1. The molecule has 0 spiro atoms. The lowest BCUT2D eigenvalue weighted by Crippen LogP contribution is -2.30. The molecule has 0 radical (unpaired) electrons. The topological polar surface area (TPSA) is 237 Å². The molecule has 3 N–H and O–H groups in total. The Hall–Kier alpha value is -1.94. The molecular formula is C87H170O17P2. The predicted molar refractivity (Wildman–Crippen MR) is 437 cm³/mol. The van der Waals surface area contributed by atoms with Crippen molar-refractivity contribution < 1.29 is 80.2 Å². The van der Waals surface area contributed by atoms with Gasteiger partial charge in [0.15, 0.2) is 12.2 Å². The molecule has 0 aromatic rings. The van der Waals surface area contributed by atoms with Gasteiger partial charge in [-0.1, -0.05) is 402 Å². The molecule has 106 heavy (non-hydrogen) atoms. The number of hydrogen-bond acceptors (Lipinski definition) is 15. The molecule has 5 atom stereocenters. The number of phosphoric ester groups is 2. The van der Waals surface area contributed by atoms with E-state index in [0.29, 0.717) is 31.6 Å². The number of aliphatic hydroxyl groups excluding tert-OH is 1. The van der Waals surface area contributed by atoms with Gasteiger partial charge in [-0.25, -0.2) is 9.13 Å². The highest BCUT2D eigenvalue weighted by Gasteiger charge is 2.31. The number of hydrogen-bond donors (Lipinski definition) is 3. The van der Waals surface area contributed by atoms with E-state index in [1.807, 2.05) is 0 Å². The van der Waals surface area contributed by atoms with Gasteiger partial charge in [-0.2, -0.15) is 0 Å². The Labute approximate surface area is 651 Å². The number of phosphoric acid groups is 2. The Bertz CT molecular complexity index is 2060. The van der Waals surface area contributed by atoms with Crippen LogP contribution in [0.1, 0.15) is 453 Å². The quantitative estimate of drug-likeness (QED) is 0.0222. The van der Waals surface area contributed by atoms with Crippen molar-refractivity contribution in [3.05, 3.63) is 0 Å². The van der Waals surface area contributed by atoms with Gasteiger partial charge in [-0.05, 0) is 49.4 Å². The lowest BCUT2D eigenvalue weighted by molar-refractivity contribution is -0.161. The molecule has 0 heterocycles. The molecule has 0 rings (SSSR count). The van der Waals surface area contributed by atoms with Crippen LogP contribution >= 0.6 is 15.6 Å². The monoisotopic (exact) mass is 1550 g/mol. The minimum atomic E-state index is -4.97. The van der Waals surface area contributed by atoms with Crippen LogP contribution in [0, 0.1) is 23.7 Å². The molecule has 0 saturated heterocycles. The molecule has 0 aromatic heterocycles. The Balaban J connectivity index is 5.21. The number of carbonyl (C=O) groups is 4. The van der Waals surface area contributed by atoms with E-state index in [0.717, 1.165) is 114 Å². The molecule has 0 bridgehead atoms. The van der Waals surface area contributed by atoms with Crippen molar-refractivity contribution in [2.75, 3.05) is 39.6 Å². The van der Waals surface area contributed by atoms with Crippen molar-refractivity contribution in [3.8, 4) is 0 Å². The Morgan fingerprint density at radius 1 is 0.236 bits per heavy atom. The third kappa shape index (κ3) is 80.1. The van der Waals surface area contributed by atoms with Crippen molar-refractivity contribution in [2.24, 2.45) is 23.7 Å². The number of ether oxygens (including phenoxy) is 4. The average Bonchev–Trinajstić information content (AvgIpc) is 0.904. The molecule has 0 aliphatic heterocycles. The Kier molecular flexibility index (Phi) is 74.3. The maximum atomic E-state index is 13.1. The van der Waals surface area contributed by atoms with E-state index in [4.69, 9.17) is 37.0 Å². The smallest absolute Gasteiger partial charge is 0.462 e. The highest BCUT2D eigenvalue weighted by Crippen LogP contribution is 2.45. The van der Waals surface area contributed by atoms with Gasteiger partial charge in [0.05, 0.1) is 26.4 Å². The Morgan fingerprint density at radius 3 is 0.585 bits per heavy atom. The van der Waals surface area contributed by atoms with Crippen LogP contribution in [0.15, 0.2) is 0 Å². The van der Waals surface area contributed by atoms with Gasteiger partial charge in [0.1, 0.15) is 19.3 Å². The molecule has 17 nitrogen and oxygen atoms in total.